The minimum Gasteiger partial charge on any atom is -0.504 e. The number of amides is 4. The second-order valence-electron chi connectivity index (χ2n) is 16.7. The van der Waals surface area contributed by atoms with Crippen LogP contribution in [0.15, 0.2) is 60.2 Å². The number of methoxy groups -OCH3 is 1. The number of fused-ring (bicyclic) bond motifs is 5. The van der Waals surface area contributed by atoms with Gasteiger partial charge in [-0.25, -0.2) is 9.80 Å². The van der Waals surface area contributed by atoms with Crippen LogP contribution in [0.3, 0.4) is 0 Å². The number of ether oxygens (including phenoxy) is 1. The molecule has 2 aromatic heterocycles. The van der Waals surface area contributed by atoms with Crippen LogP contribution in [-0.4, -0.2) is 69.6 Å². The molecule has 3 fully saturated rings. The molecule has 20 heteroatoms. The van der Waals surface area contributed by atoms with Crippen molar-refractivity contribution < 1.29 is 38.9 Å². The summed E-state index contributed by atoms with van der Waals surface area (Å²) in [6.07, 6.45) is 1.86. The lowest BCUT2D eigenvalue weighted by molar-refractivity contribution is -0.392. The fourth-order valence-corrected chi connectivity index (χ4v) is 12.4. The number of anilines is 3. The topological polar surface area (TPSA) is 212 Å². The molecular weight excluding hydrogens is 969 g/mol. The van der Waals surface area contributed by atoms with Gasteiger partial charge in [0.25, 0.3) is 0 Å². The Morgan fingerprint density at radius 3 is 2.30 bits per heavy atom. The average molecular weight is 1010 g/mol. The summed E-state index contributed by atoms with van der Waals surface area (Å²) >= 11 is 9.79. The zero-order valence-corrected chi connectivity index (χ0v) is 38.1. The molecule has 4 aliphatic rings. The number of nitrogens with zero attached hydrogens (tertiary/aromatic N) is 7. The van der Waals surface area contributed by atoms with Crippen LogP contribution in [0.1, 0.15) is 36.8 Å². The second kappa shape index (κ2) is 14.8. The zero-order valence-electron chi connectivity index (χ0n) is 34.4. The Balaban J connectivity index is 1.17. The third-order valence-corrected chi connectivity index (χ3v) is 15.6. The van der Waals surface area contributed by atoms with Gasteiger partial charge in [0.1, 0.15) is 11.5 Å². The van der Waals surface area contributed by atoms with Crippen molar-refractivity contribution in [1.29, 1.82) is 0 Å². The zero-order chi connectivity index (χ0) is 45.3. The van der Waals surface area contributed by atoms with E-state index in [1.165, 1.54) is 42.1 Å². The van der Waals surface area contributed by atoms with Gasteiger partial charge in [0.2, 0.25) is 23.6 Å². The quantitative estimate of drug-likeness (QED) is 0.0517. The highest BCUT2D eigenvalue weighted by atomic mass is 127. The highest BCUT2D eigenvalue weighted by molar-refractivity contribution is 14.1. The van der Waals surface area contributed by atoms with Gasteiger partial charge in [-0.05, 0) is 102 Å². The molecule has 0 bridgehead atoms. The molecule has 1 N–H and O–H groups in total. The molecule has 2 saturated heterocycles. The van der Waals surface area contributed by atoms with Crippen molar-refractivity contribution in [3.05, 3.63) is 100 Å². The summed E-state index contributed by atoms with van der Waals surface area (Å²) in [7, 11) is 5.86. The number of carbonyl (C=O) groups excluding carboxylic acids is 4. The van der Waals surface area contributed by atoms with Gasteiger partial charge in [-0.15, -0.1) is 11.3 Å². The molecule has 4 amide bonds. The lowest BCUT2D eigenvalue weighted by Crippen LogP contribution is -2.49. The standard InChI is InChI=1S/C43H37ClIN7O10S/c1-18-24-13-20(44)7-10-32(24)63-38(18)28-17-33(48(5)46-28)50-40(55)26-16-25-22(35(43(26,2)42(50)57)19-11-27(45)37(53)31(12-19)62-6)8-9-23-34(25)41(56)49(39(23)54)21-14-29(51(58)59)36(47(3)4)30(15-21)52(60)61/h7-8,10-15,17,23,25-26,34-35,53H,9,16H2,1-6H3. The average Bonchev–Trinajstić information content (AvgIpc) is 3.91. The number of thiophene rings is 1. The molecule has 6 atom stereocenters. The number of phenolic OH excluding ortho intramolecular Hbond substituents is 1. The number of imide groups is 2. The summed E-state index contributed by atoms with van der Waals surface area (Å²) in [6.45, 7) is 3.69. The number of aromatic hydroxyl groups is 1. The summed E-state index contributed by atoms with van der Waals surface area (Å²) in [5.41, 5.74) is -0.759. The van der Waals surface area contributed by atoms with Gasteiger partial charge in [-0.2, -0.15) is 5.10 Å². The molecule has 63 heavy (non-hydrogen) atoms. The van der Waals surface area contributed by atoms with E-state index in [1.807, 2.05) is 47.7 Å². The molecule has 2 aliphatic carbocycles. The molecular formula is C43H37ClIN7O10S. The van der Waals surface area contributed by atoms with Crippen LogP contribution in [0.25, 0.3) is 20.7 Å². The van der Waals surface area contributed by atoms with E-state index in [2.05, 4.69) is 0 Å². The fourth-order valence-electron chi connectivity index (χ4n) is 10.5. The van der Waals surface area contributed by atoms with Gasteiger partial charge in [0, 0.05) is 55.0 Å². The number of hydrogen-bond acceptors (Lipinski definition) is 13. The summed E-state index contributed by atoms with van der Waals surface area (Å²) in [5.74, 6) is -6.95. The van der Waals surface area contributed by atoms with Crippen LogP contribution < -0.4 is 19.4 Å². The predicted octanol–water partition coefficient (Wildman–Crippen LogP) is 7.90. The van der Waals surface area contributed by atoms with Gasteiger partial charge in [-0.3, -0.25) is 44.1 Å². The monoisotopic (exact) mass is 1010 g/mol. The molecule has 6 unspecified atom stereocenters. The number of halogens is 2. The molecule has 9 rings (SSSR count). The lowest BCUT2D eigenvalue weighted by atomic mass is 9.51. The summed E-state index contributed by atoms with van der Waals surface area (Å²) in [5, 5.41) is 41.8. The van der Waals surface area contributed by atoms with Gasteiger partial charge >= 0.3 is 11.4 Å². The van der Waals surface area contributed by atoms with Crippen molar-refractivity contribution in [3.63, 3.8) is 0 Å². The number of phenols is 1. The van der Waals surface area contributed by atoms with Gasteiger partial charge in [-0.1, -0.05) is 23.3 Å². The number of carbonyl (C=O) groups is 4. The third-order valence-electron chi connectivity index (χ3n) is 13.2. The van der Waals surface area contributed by atoms with Crippen LogP contribution in [0.5, 0.6) is 11.5 Å². The van der Waals surface area contributed by atoms with Crippen LogP contribution in [0, 0.1) is 59.8 Å². The lowest BCUT2D eigenvalue weighted by Gasteiger charge is -2.49. The van der Waals surface area contributed by atoms with Crippen molar-refractivity contribution in [2.24, 2.45) is 36.1 Å². The number of rotatable bonds is 8. The minimum atomic E-state index is -1.46. The van der Waals surface area contributed by atoms with E-state index in [-0.39, 0.29) is 41.5 Å². The Labute approximate surface area is 381 Å². The molecule has 324 valence electrons. The SMILES string of the molecule is COc1cc(C2C3=CCC4C(=O)N(c5cc([N+](=O)[O-])c(N(C)C)c([N+](=O)[O-])c5)C(=O)C4C3CC3C(=O)N(c4cc(-c5sc6ccc(Cl)cc6c5C)nn4C)C(=O)C32C)cc(I)c1O. The van der Waals surface area contributed by atoms with Crippen molar-refractivity contribution in [2.75, 3.05) is 35.9 Å². The number of allylic oxidation sites excluding steroid dienone is 2. The minimum absolute atomic E-state index is 0.0129. The Bertz CT molecular complexity index is 2930. The van der Waals surface area contributed by atoms with E-state index >= 15 is 9.59 Å². The Morgan fingerprint density at radius 2 is 1.67 bits per heavy atom. The summed E-state index contributed by atoms with van der Waals surface area (Å²) < 4.78 is 8.44. The van der Waals surface area contributed by atoms with Gasteiger partial charge in [0.15, 0.2) is 17.2 Å². The number of aromatic nitrogens is 2. The molecule has 17 nitrogen and oxygen atoms in total. The number of hydrogen-bond donors (Lipinski definition) is 1. The molecule has 2 aliphatic heterocycles. The largest absolute Gasteiger partial charge is 0.504 e. The molecule has 3 aromatic carbocycles. The highest BCUT2D eigenvalue weighted by Crippen LogP contribution is 2.64. The second-order valence-corrected chi connectivity index (χ2v) is 19.3. The highest BCUT2D eigenvalue weighted by Gasteiger charge is 2.68. The van der Waals surface area contributed by atoms with Crippen molar-refractivity contribution in [1.82, 2.24) is 9.78 Å². The number of benzene rings is 3. The smallest absolute Gasteiger partial charge is 0.301 e. The maximum Gasteiger partial charge on any atom is 0.301 e. The molecule has 0 radical (unpaired) electrons. The number of aryl methyl sites for hydroxylation is 2. The Kier molecular flexibility index (Phi) is 9.98. The van der Waals surface area contributed by atoms with Crippen LogP contribution >= 0.6 is 45.5 Å². The molecule has 4 heterocycles. The van der Waals surface area contributed by atoms with Gasteiger partial charge in [0.05, 0.1) is 54.3 Å². The third kappa shape index (κ3) is 6.09. The summed E-state index contributed by atoms with van der Waals surface area (Å²) in [4.78, 5) is 86.5. The van der Waals surface area contributed by atoms with Crippen molar-refractivity contribution >= 4 is 108 Å². The number of nitro groups is 2. The first kappa shape index (κ1) is 42.4. The number of nitro benzene ring substituents is 2. The van der Waals surface area contributed by atoms with Crippen molar-refractivity contribution in [2.45, 2.75) is 32.6 Å². The fraction of sp³-hybridized carbons (Fsp3) is 0.326. The Hall–Kier alpha value is -5.93. The van der Waals surface area contributed by atoms with E-state index in [1.54, 1.807) is 38.2 Å². The van der Waals surface area contributed by atoms with Gasteiger partial charge < -0.3 is 14.7 Å². The first-order valence-corrected chi connectivity index (χ1v) is 22.0. The molecule has 0 spiro atoms. The first-order valence-electron chi connectivity index (χ1n) is 19.7. The van der Waals surface area contributed by atoms with E-state index in [9.17, 15) is 34.9 Å². The maximum atomic E-state index is 15.3. The van der Waals surface area contributed by atoms with E-state index in [4.69, 9.17) is 21.4 Å². The van der Waals surface area contributed by atoms with Crippen LogP contribution in [-0.2, 0) is 26.2 Å². The van der Waals surface area contributed by atoms with E-state index in [0.29, 0.717) is 25.4 Å². The normalized spacial score (nSPS) is 24.1. The first-order chi connectivity index (χ1) is 29.8. The maximum absolute atomic E-state index is 15.3. The summed E-state index contributed by atoms with van der Waals surface area (Å²) in [6, 6.07) is 12.6. The van der Waals surface area contributed by atoms with E-state index in [0.717, 1.165) is 42.5 Å². The van der Waals surface area contributed by atoms with Crippen LogP contribution in [0.2, 0.25) is 5.02 Å². The molecule has 5 aromatic rings. The van der Waals surface area contributed by atoms with Crippen molar-refractivity contribution in [3.8, 4) is 22.1 Å². The van der Waals surface area contributed by atoms with E-state index < -0.39 is 79.9 Å². The van der Waals surface area contributed by atoms with Crippen LogP contribution in [0.4, 0.5) is 28.6 Å². The Morgan fingerprint density at radius 1 is 0.984 bits per heavy atom. The predicted molar refractivity (Wildman–Crippen MR) is 242 cm³/mol. The molecule has 1 saturated carbocycles.